The number of nitrogens with one attached hydrogen (secondary N) is 1. The Morgan fingerprint density at radius 2 is 1.94 bits per heavy atom. The molecule has 6 nitrogen and oxygen atoms in total. The lowest BCUT2D eigenvalue weighted by molar-refractivity contribution is -0.138. The fourth-order valence-electron chi connectivity index (χ4n) is 4.68. The Kier molecular flexibility index (Phi) is 7.91. The van der Waals surface area contributed by atoms with Gasteiger partial charge in [-0.25, -0.2) is 0 Å². The summed E-state index contributed by atoms with van der Waals surface area (Å²) >= 11 is 0. The van der Waals surface area contributed by atoms with Crippen LogP contribution in [0.5, 0.6) is 5.75 Å². The van der Waals surface area contributed by atoms with E-state index >= 15 is 0 Å². The summed E-state index contributed by atoms with van der Waals surface area (Å²) in [6.45, 7) is 6.79. The first kappa shape index (κ1) is 23.8. The highest BCUT2D eigenvalue weighted by atomic mass is 16.4. The average molecular weight is 439 g/mol. The SMILES string of the molecule is CC1CN(CCC(Cc2ccccc2)C(=O)NCC(=O)O)CCC1(C)c1cccc(O)c1. The number of phenols is 1. The molecule has 1 fully saturated rings. The Balaban J connectivity index is 1.62. The number of rotatable bonds is 9. The molecule has 1 saturated heterocycles. The van der Waals surface area contributed by atoms with Crippen molar-refractivity contribution in [1.29, 1.82) is 0 Å². The monoisotopic (exact) mass is 438 g/mol. The van der Waals surface area contributed by atoms with Crippen molar-refractivity contribution in [3.8, 4) is 5.75 Å². The second-order valence-corrected chi connectivity index (χ2v) is 9.21. The van der Waals surface area contributed by atoms with Crippen LogP contribution in [0.3, 0.4) is 0 Å². The van der Waals surface area contributed by atoms with Crippen LogP contribution in [0.1, 0.15) is 37.8 Å². The van der Waals surface area contributed by atoms with Crippen LogP contribution < -0.4 is 5.32 Å². The Morgan fingerprint density at radius 3 is 2.59 bits per heavy atom. The van der Waals surface area contributed by atoms with E-state index in [0.717, 1.165) is 31.6 Å². The van der Waals surface area contributed by atoms with Gasteiger partial charge in [-0.3, -0.25) is 9.59 Å². The van der Waals surface area contributed by atoms with Crippen molar-refractivity contribution in [1.82, 2.24) is 10.2 Å². The summed E-state index contributed by atoms with van der Waals surface area (Å²) in [6.07, 6.45) is 2.25. The van der Waals surface area contributed by atoms with Gasteiger partial charge in [0.1, 0.15) is 12.3 Å². The number of benzene rings is 2. The first-order valence-electron chi connectivity index (χ1n) is 11.3. The zero-order valence-electron chi connectivity index (χ0n) is 19.0. The number of carbonyl (C=O) groups excluding carboxylic acids is 1. The lowest BCUT2D eigenvalue weighted by atomic mass is 9.68. The van der Waals surface area contributed by atoms with E-state index in [0.29, 0.717) is 24.5 Å². The van der Waals surface area contributed by atoms with Crippen molar-refractivity contribution in [2.45, 2.75) is 38.5 Å². The molecule has 0 saturated carbocycles. The molecule has 3 atom stereocenters. The van der Waals surface area contributed by atoms with Crippen LogP contribution in [-0.4, -0.2) is 53.2 Å². The smallest absolute Gasteiger partial charge is 0.322 e. The van der Waals surface area contributed by atoms with Crippen LogP contribution in [-0.2, 0) is 21.4 Å². The van der Waals surface area contributed by atoms with E-state index in [1.54, 1.807) is 6.07 Å². The summed E-state index contributed by atoms with van der Waals surface area (Å²) in [5, 5.41) is 21.4. The van der Waals surface area contributed by atoms with Crippen molar-refractivity contribution >= 4 is 11.9 Å². The average Bonchev–Trinajstić information content (AvgIpc) is 2.78. The highest BCUT2D eigenvalue weighted by Crippen LogP contribution is 2.40. The molecule has 32 heavy (non-hydrogen) atoms. The fraction of sp³-hybridized carbons (Fsp3) is 0.462. The van der Waals surface area contributed by atoms with Gasteiger partial charge in [-0.15, -0.1) is 0 Å². The van der Waals surface area contributed by atoms with Crippen molar-refractivity contribution in [3.05, 3.63) is 65.7 Å². The quantitative estimate of drug-likeness (QED) is 0.558. The van der Waals surface area contributed by atoms with Gasteiger partial charge >= 0.3 is 5.97 Å². The van der Waals surface area contributed by atoms with Crippen LogP contribution >= 0.6 is 0 Å². The van der Waals surface area contributed by atoms with Crippen LogP contribution in [0.15, 0.2) is 54.6 Å². The largest absolute Gasteiger partial charge is 0.508 e. The molecule has 1 aliphatic heterocycles. The predicted octanol–water partition coefficient (Wildman–Crippen LogP) is 3.44. The number of aliphatic carboxylic acids is 1. The third kappa shape index (κ3) is 6.10. The topological polar surface area (TPSA) is 89.9 Å². The first-order valence-corrected chi connectivity index (χ1v) is 11.3. The number of likely N-dealkylation sites (tertiary alicyclic amines) is 1. The second-order valence-electron chi connectivity index (χ2n) is 9.21. The van der Waals surface area contributed by atoms with Gasteiger partial charge in [0, 0.05) is 12.5 Å². The molecule has 0 bridgehead atoms. The van der Waals surface area contributed by atoms with Gasteiger partial charge in [0.05, 0.1) is 0 Å². The number of hydrogen-bond acceptors (Lipinski definition) is 4. The van der Waals surface area contributed by atoms with Gasteiger partial charge in [-0.2, -0.15) is 0 Å². The Morgan fingerprint density at radius 1 is 1.19 bits per heavy atom. The summed E-state index contributed by atoms with van der Waals surface area (Å²) in [6, 6.07) is 17.4. The summed E-state index contributed by atoms with van der Waals surface area (Å²) < 4.78 is 0. The van der Waals surface area contributed by atoms with Gasteiger partial charge in [0.2, 0.25) is 5.91 Å². The minimum absolute atomic E-state index is 0.00244. The van der Waals surface area contributed by atoms with Crippen molar-refractivity contribution in [3.63, 3.8) is 0 Å². The molecule has 0 spiro atoms. The van der Waals surface area contributed by atoms with E-state index in [-0.39, 0.29) is 23.8 Å². The molecule has 1 heterocycles. The number of phenolic OH excluding ortho intramolecular Hbond substituents is 1. The zero-order valence-corrected chi connectivity index (χ0v) is 19.0. The lowest BCUT2D eigenvalue weighted by Gasteiger charge is -2.45. The second kappa shape index (κ2) is 10.6. The highest BCUT2D eigenvalue weighted by molar-refractivity contribution is 5.83. The molecule has 3 N–H and O–H groups in total. The number of carbonyl (C=O) groups is 2. The fourth-order valence-corrected chi connectivity index (χ4v) is 4.68. The molecular formula is C26H34N2O4. The molecule has 172 valence electrons. The number of carboxylic acids is 1. The summed E-state index contributed by atoms with van der Waals surface area (Å²) in [4.78, 5) is 26.0. The third-order valence-electron chi connectivity index (χ3n) is 6.98. The lowest BCUT2D eigenvalue weighted by Crippen LogP contribution is -2.48. The molecule has 2 aromatic rings. The maximum absolute atomic E-state index is 12.7. The van der Waals surface area contributed by atoms with E-state index in [1.165, 1.54) is 5.56 Å². The molecule has 0 aliphatic carbocycles. The van der Waals surface area contributed by atoms with Crippen molar-refractivity contribution in [2.75, 3.05) is 26.2 Å². The maximum Gasteiger partial charge on any atom is 0.322 e. The number of aromatic hydroxyl groups is 1. The number of piperidine rings is 1. The number of nitrogens with zero attached hydrogens (tertiary/aromatic N) is 1. The van der Waals surface area contributed by atoms with Crippen LogP contribution in [0.2, 0.25) is 0 Å². The van der Waals surface area contributed by atoms with Gasteiger partial charge in [0.25, 0.3) is 0 Å². The van der Waals surface area contributed by atoms with Gasteiger partial charge < -0.3 is 20.4 Å². The van der Waals surface area contributed by atoms with Crippen LogP contribution in [0, 0.1) is 11.8 Å². The van der Waals surface area contributed by atoms with E-state index in [4.69, 9.17) is 5.11 Å². The molecule has 3 unspecified atom stereocenters. The molecule has 2 aromatic carbocycles. The number of amides is 1. The summed E-state index contributed by atoms with van der Waals surface area (Å²) in [7, 11) is 0. The minimum Gasteiger partial charge on any atom is -0.508 e. The summed E-state index contributed by atoms with van der Waals surface area (Å²) in [5.41, 5.74) is 2.24. The third-order valence-corrected chi connectivity index (χ3v) is 6.98. The van der Waals surface area contributed by atoms with Crippen LogP contribution in [0.4, 0.5) is 0 Å². The molecular weight excluding hydrogens is 404 g/mol. The van der Waals surface area contributed by atoms with Crippen molar-refractivity contribution < 1.29 is 19.8 Å². The molecule has 3 rings (SSSR count). The minimum atomic E-state index is -1.03. The van der Waals surface area contributed by atoms with E-state index in [1.807, 2.05) is 42.5 Å². The normalized spacial score (nSPS) is 22.2. The zero-order chi connectivity index (χ0) is 23.1. The van der Waals surface area contributed by atoms with E-state index < -0.39 is 5.97 Å². The first-order chi connectivity index (χ1) is 15.3. The van der Waals surface area contributed by atoms with Crippen molar-refractivity contribution in [2.24, 2.45) is 11.8 Å². The van der Waals surface area contributed by atoms with E-state index in [9.17, 15) is 14.7 Å². The number of hydrogen-bond donors (Lipinski definition) is 3. The molecule has 0 radical (unpaired) electrons. The maximum atomic E-state index is 12.7. The Labute approximate surface area is 190 Å². The highest BCUT2D eigenvalue weighted by Gasteiger charge is 2.38. The molecule has 6 heteroatoms. The Hall–Kier alpha value is -2.86. The van der Waals surface area contributed by atoms with Gasteiger partial charge in [-0.05, 0) is 66.9 Å². The van der Waals surface area contributed by atoms with E-state index in [2.05, 4.69) is 30.1 Å². The number of carboxylic acid groups (broad SMARTS) is 1. The van der Waals surface area contributed by atoms with Gasteiger partial charge in [-0.1, -0.05) is 56.3 Å². The standard InChI is InChI=1S/C26H34N2O4/c1-19-18-28(14-12-26(19,2)22-9-6-10-23(29)16-22)13-11-21(25(32)27-17-24(30)31)15-20-7-4-3-5-8-20/h3-10,16,19,21,29H,11-15,17-18H2,1-2H3,(H,27,32)(H,30,31). The molecule has 0 aromatic heterocycles. The molecule has 1 aliphatic rings. The Bertz CT molecular complexity index is 917. The van der Waals surface area contributed by atoms with Gasteiger partial charge in [0.15, 0.2) is 0 Å². The summed E-state index contributed by atoms with van der Waals surface area (Å²) in [5.74, 6) is -0.814. The predicted molar refractivity (Wildman–Crippen MR) is 125 cm³/mol. The van der Waals surface area contributed by atoms with Crippen LogP contribution in [0.25, 0.3) is 0 Å². The molecule has 1 amide bonds.